The number of amides is 1. The van der Waals surface area contributed by atoms with Crippen LogP contribution in [0.2, 0.25) is 0 Å². The van der Waals surface area contributed by atoms with E-state index in [1.165, 1.54) is 11.3 Å². The van der Waals surface area contributed by atoms with Gasteiger partial charge >= 0.3 is 0 Å². The van der Waals surface area contributed by atoms with E-state index >= 15 is 0 Å². The standard InChI is InChI=1S/C14H16N4OS/c15-7-11(9-4-5-9)18-13(19)12-8-17-14(20-12)10-3-1-2-6-16-10/h1-3,6,8-9,11H,4-5,7,15H2,(H,18,19). The molecule has 3 rings (SSSR count). The zero-order valence-electron chi connectivity index (χ0n) is 11.0. The fourth-order valence-electron chi connectivity index (χ4n) is 2.09. The molecule has 1 aliphatic carbocycles. The third kappa shape index (κ3) is 2.86. The maximum Gasteiger partial charge on any atom is 0.263 e. The second-order valence-corrected chi connectivity index (χ2v) is 5.93. The molecule has 104 valence electrons. The van der Waals surface area contributed by atoms with E-state index in [0.717, 1.165) is 23.5 Å². The Balaban J connectivity index is 1.71. The van der Waals surface area contributed by atoms with Gasteiger partial charge in [-0.1, -0.05) is 6.07 Å². The topological polar surface area (TPSA) is 80.9 Å². The van der Waals surface area contributed by atoms with Crippen molar-refractivity contribution >= 4 is 17.2 Å². The first-order valence-corrected chi connectivity index (χ1v) is 7.47. The molecule has 5 nitrogen and oxygen atoms in total. The Hall–Kier alpha value is -1.79. The van der Waals surface area contributed by atoms with Crippen molar-refractivity contribution in [1.29, 1.82) is 0 Å². The number of rotatable bonds is 5. The molecule has 0 bridgehead atoms. The minimum atomic E-state index is -0.0907. The van der Waals surface area contributed by atoms with E-state index in [4.69, 9.17) is 5.73 Å². The molecule has 0 radical (unpaired) electrons. The third-order valence-corrected chi connectivity index (χ3v) is 4.39. The number of pyridine rings is 1. The van der Waals surface area contributed by atoms with Gasteiger partial charge in [0, 0.05) is 18.8 Å². The Bertz CT molecular complexity index is 594. The lowest BCUT2D eigenvalue weighted by Crippen LogP contribution is -2.41. The monoisotopic (exact) mass is 288 g/mol. The van der Waals surface area contributed by atoms with E-state index in [2.05, 4.69) is 15.3 Å². The predicted octanol–water partition coefficient (Wildman–Crippen LogP) is 1.67. The first-order chi connectivity index (χ1) is 9.78. The predicted molar refractivity (Wildman–Crippen MR) is 78.4 cm³/mol. The molecule has 0 aliphatic heterocycles. The summed E-state index contributed by atoms with van der Waals surface area (Å²) >= 11 is 1.35. The van der Waals surface area contributed by atoms with E-state index < -0.39 is 0 Å². The summed E-state index contributed by atoms with van der Waals surface area (Å²) in [5.41, 5.74) is 6.49. The molecule has 0 saturated heterocycles. The summed E-state index contributed by atoms with van der Waals surface area (Å²) in [6.45, 7) is 0.488. The normalized spacial score (nSPS) is 15.8. The van der Waals surface area contributed by atoms with Gasteiger partial charge in [-0.15, -0.1) is 11.3 Å². The Morgan fingerprint density at radius 1 is 1.45 bits per heavy atom. The van der Waals surface area contributed by atoms with Crippen molar-refractivity contribution in [2.45, 2.75) is 18.9 Å². The zero-order chi connectivity index (χ0) is 13.9. The molecule has 2 heterocycles. The molecule has 0 spiro atoms. The molecule has 1 unspecified atom stereocenters. The summed E-state index contributed by atoms with van der Waals surface area (Å²) in [4.78, 5) is 21.3. The van der Waals surface area contributed by atoms with Gasteiger partial charge in [-0.25, -0.2) is 4.98 Å². The number of carbonyl (C=O) groups is 1. The molecule has 2 aromatic rings. The van der Waals surface area contributed by atoms with E-state index in [1.54, 1.807) is 12.4 Å². The first kappa shape index (κ1) is 13.2. The van der Waals surface area contributed by atoms with Crippen LogP contribution in [0.1, 0.15) is 22.5 Å². The van der Waals surface area contributed by atoms with Gasteiger partial charge in [-0.05, 0) is 30.9 Å². The van der Waals surface area contributed by atoms with Crippen LogP contribution in [0.5, 0.6) is 0 Å². The van der Waals surface area contributed by atoms with Gasteiger partial charge in [0.25, 0.3) is 5.91 Å². The molecule has 1 aliphatic rings. The number of carbonyl (C=O) groups excluding carboxylic acids is 1. The number of nitrogens with one attached hydrogen (secondary N) is 1. The molecule has 1 fully saturated rings. The largest absolute Gasteiger partial charge is 0.347 e. The molecule has 1 saturated carbocycles. The van der Waals surface area contributed by atoms with Crippen LogP contribution in [0.3, 0.4) is 0 Å². The highest BCUT2D eigenvalue weighted by Gasteiger charge is 2.31. The molecule has 3 N–H and O–H groups in total. The van der Waals surface area contributed by atoms with E-state index in [1.807, 2.05) is 18.2 Å². The third-order valence-electron chi connectivity index (χ3n) is 3.37. The quantitative estimate of drug-likeness (QED) is 0.877. The van der Waals surface area contributed by atoms with Gasteiger partial charge in [-0.3, -0.25) is 9.78 Å². The highest BCUT2D eigenvalue weighted by molar-refractivity contribution is 7.16. The molecule has 1 amide bonds. The van der Waals surface area contributed by atoms with E-state index in [-0.39, 0.29) is 11.9 Å². The molecular formula is C14H16N4OS. The smallest absolute Gasteiger partial charge is 0.263 e. The average molecular weight is 288 g/mol. The fraction of sp³-hybridized carbons (Fsp3) is 0.357. The number of aromatic nitrogens is 2. The Labute approximate surface area is 121 Å². The summed E-state index contributed by atoms with van der Waals surface area (Å²) in [5.74, 6) is 0.458. The van der Waals surface area contributed by atoms with E-state index in [0.29, 0.717) is 17.3 Å². The van der Waals surface area contributed by atoms with Crippen molar-refractivity contribution in [3.63, 3.8) is 0 Å². The molecule has 20 heavy (non-hydrogen) atoms. The van der Waals surface area contributed by atoms with Crippen molar-refractivity contribution in [3.8, 4) is 10.7 Å². The number of thiazole rings is 1. The zero-order valence-corrected chi connectivity index (χ0v) is 11.8. The average Bonchev–Trinajstić information content (AvgIpc) is 3.21. The van der Waals surface area contributed by atoms with E-state index in [9.17, 15) is 4.79 Å². The summed E-state index contributed by atoms with van der Waals surface area (Å²) in [6.07, 6.45) is 5.63. The maximum atomic E-state index is 12.2. The molecule has 0 aromatic carbocycles. The molecule has 6 heteroatoms. The molecule has 2 aromatic heterocycles. The number of hydrogen-bond acceptors (Lipinski definition) is 5. The van der Waals surface area contributed by atoms with Crippen molar-refractivity contribution in [3.05, 3.63) is 35.5 Å². The van der Waals surface area contributed by atoms with Crippen molar-refractivity contribution in [2.75, 3.05) is 6.54 Å². The first-order valence-electron chi connectivity index (χ1n) is 6.66. The van der Waals surface area contributed by atoms with Crippen LogP contribution in [-0.4, -0.2) is 28.5 Å². The number of nitrogens with zero attached hydrogens (tertiary/aromatic N) is 2. The minimum Gasteiger partial charge on any atom is -0.347 e. The Morgan fingerprint density at radius 2 is 2.30 bits per heavy atom. The lowest BCUT2D eigenvalue weighted by Gasteiger charge is -2.14. The van der Waals surface area contributed by atoms with Gasteiger partial charge in [-0.2, -0.15) is 0 Å². The van der Waals surface area contributed by atoms with Crippen LogP contribution in [0.4, 0.5) is 0 Å². The van der Waals surface area contributed by atoms with Crippen LogP contribution in [0.15, 0.2) is 30.6 Å². The van der Waals surface area contributed by atoms with Crippen molar-refractivity contribution < 1.29 is 4.79 Å². The van der Waals surface area contributed by atoms with Gasteiger partial charge < -0.3 is 11.1 Å². The highest BCUT2D eigenvalue weighted by atomic mass is 32.1. The number of hydrogen-bond donors (Lipinski definition) is 2. The summed E-state index contributed by atoms with van der Waals surface area (Å²) in [7, 11) is 0. The number of nitrogens with two attached hydrogens (primary N) is 1. The van der Waals surface area contributed by atoms with Crippen LogP contribution in [0.25, 0.3) is 10.7 Å². The maximum absolute atomic E-state index is 12.2. The molecular weight excluding hydrogens is 272 g/mol. The lowest BCUT2D eigenvalue weighted by molar-refractivity contribution is 0.0937. The summed E-state index contributed by atoms with van der Waals surface area (Å²) in [6, 6.07) is 5.73. The van der Waals surface area contributed by atoms with Crippen LogP contribution >= 0.6 is 11.3 Å². The Morgan fingerprint density at radius 3 is 2.95 bits per heavy atom. The fourth-order valence-corrected chi connectivity index (χ4v) is 2.89. The minimum absolute atomic E-state index is 0.0860. The Kier molecular flexibility index (Phi) is 3.75. The highest BCUT2D eigenvalue weighted by Crippen LogP contribution is 2.32. The van der Waals surface area contributed by atoms with Crippen LogP contribution < -0.4 is 11.1 Å². The van der Waals surface area contributed by atoms with Gasteiger partial charge in [0.1, 0.15) is 9.88 Å². The van der Waals surface area contributed by atoms with Crippen LogP contribution in [-0.2, 0) is 0 Å². The van der Waals surface area contributed by atoms with Gasteiger partial charge in [0.15, 0.2) is 0 Å². The second kappa shape index (κ2) is 5.68. The van der Waals surface area contributed by atoms with Gasteiger partial charge in [0.2, 0.25) is 0 Å². The van der Waals surface area contributed by atoms with Crippen molar-refractivity contribution in [1.82, 2.24) is 15.3 Å². The molecule has 1 atom stereocenters. The SMILES string of the molecule is NCC(NC(=O)c1cnc(-c2ccccn2)s1)C1CC1. The van der Waals surface area contributed by atoms with Gasteiger partial charge in [0.05, 0.1) is 11.9 Å². The summed E-state index contributed by atoms with van der Waals surface area (Å²) < 4.78 is 0. The lowest BCUT2D eigenvalue weighted by atomic mass is 10.2. The van der Waals surface area contributed by atoms with Crippen molar-refractivity contribution in [2.24, 2.45) is 11.7 Å². The van der Waals surface area contributed by atoms with Crippen LogP contribution in [0, 0.1) is 5.92 Å². The summed E-state index contributed by atoms with van der Waals surface area (Å²) in [5, 5.41) is 3.75. The second-order valence-electron chi connectivity index (χ2n) is 4.90.